The number of carbonyl (C=O) groups is 3. The lowest BCUT2D eigenvalue weighted by Gasteiger charge is -2.28. The van der Waals surface area contributed by atoms with Crippen molar-refractivity contribution in [2.45, 2.75) is 26.5 Å². The van der Waals surface area contributed by atoms with E-state index in [1.807, 2.05) is 36.4 Å². The Kier molecular flexibility index (Phi) is 11.6. The highest BCUT2D eigenvalue weighted by molar-refractivity contribution is 14.1. The van der Waals surface area contributed by atoms with Gasteiger partial charge in [-0.1, -0.05) is 48.5 Å². The van der Waals surface area contributed by atoms with Crippen LogP contribution in [0, 0.1) is 3.57 Å². The summed E-state index contributed by atoms with van der Waals surface area (Å²) >= 11 is 2.17. The number of fused-ring (bicyclic) bond motifs is 1. The zero-order valence-electron chi connectivity index (χ0n) is 27.3. The van der Waals surface area contributed by atoms with Gasteiger partial charge >= 0.3 is 12.0 Å². The Balaban J connectivity index is 1.26. The molecule has 0 spiro atoms. The van der Waals surface area contributed by atoms with Gasteiger partial charge in [0.1, 0.15) is 6.61 Å². The maximum absolute atomic E-state index is 12.7. The van der Waals surface area contributed by atoms with Gasteiger partial charge < -0.3 is 34.3 Å². The van der Waals surface area contributed by atoms with E-state index in [1.165, 1.54) is 13.3 Å². The monoisotopic (exact) mass is 778 g/mol. The molecule has 254 valence electrons. The number of methoxy groups -OCH3 is 2. The Hall–Kier alpha value is -5.31. The van der Waals surface area contributed by atoms with E-state index in [0.717, 1.165) is 19.9 Å². The molecule has 1 aliphatic heterocycles. The highest BCUT2D eigenvalue weighted by atomic mass is 127. The third-order valence-electron chi connectivity index (χ3n) is 7.56. The third kappa shape index (κ3) is 8.41. The average molecular weight is 779 g/mol. The van der Waals surface area contributed by atoms with Gasteiger partial charge in [-0.3, -0.25) is 4.79 Å². The minimum Gasteiger partial charge on any atom is -0.493 e. The van der Waals surface area contributed by atoms with Crippen molar-refractivity contribution < 1.29 is 38.1 Å². The van der Waals surface area contributed by atoms with Crippen LogP contribution < -0.4 is 35.0 Å². The first-order chi connectivity index (χ1) is 23.7. The number of hydrogen-bond acceptors (Lipinski definition) is 9. The van der Waals surface area contributed by atoms with Crippen LogP contribution in [-0.4, -0.2) is 51.6 Å². The largest absolute Gasteiger partial charge is 0.493 e. The molecule has 4 aromatic carbocycles. The summed E-state index contributed by atoms with van der Waals surface area (Å²) in [5, 5.41) is 11.7. The molecule has 0 radical (unpaired) electrons. The lowest BCUT2D eigenvalue weighted by atomic mass is 9.95. The SMILES string of the molecule is CCOC(=O)C1=C(C)NC(=O)N[C@@H]1c1ccc(OCC(=O)N/N=C/c2cc(I)cc(OC)c2OCc2cccc3ccccc23)c(OC)c1. The summed E-state index contributed by atoms with van der Waals surface area (Å²) in [6.45, 7) is 3.43. The molecule has 12 nitrogen and oxygen atoms in total. The van der Waals surface area contributed by atoms with Crippen molar-refractivity contribution in [3.63, 3.8) is 0 Å². The number of nitrogens with zero attached hydrogens (tertiary/aromatic N) is 1. The van der Waals surface area contributed by atoms with Crippen LogP contribution in [0.1, 0.15) is 36.6 Å². The van der Waals surface area contributed by atoms with Crippen LogP contribution in [0.15, 0.2) is 89.2 Å². The summed E-state index contributed by atoms with van der Waals surface area (Å²) in [7, 11) is 3.01. The van der Waals surface area contributed by atoms with Gasteiger partial charge in [0.05, 0.1) is 38.7 Å². The van der Waals surface area contributed by atoms with Crippen LogP contribution in [0.4, 0.5) is 4.79 Å². The predicted octanol–water partition coefficient (Wildman–Crippen LogP) is 5.76. The summed E-state index contributed by atoms with van der Waals surface area (Å²) < 4.78 is 29.2. The molecule has 5 rings (SSSR count). The molecular formula is C36H35IN4O8. The first-order valence-corrected chi connectivity index (χ1v) is 16.3. The number of benzene rings is 4. The fraction of sp³-hybridized carbons (Fsp3) is 0.222. The number of carbonyl (C=O) groups excluding carboxylic acids is 3. The van der Waals surface area contributed by atoms with E-state index in [2.05, 4.69) is 62.0 Å². The number of hydrogen-bond donors (Lipinski definition) is 3. The molecule has 0 fully saturated rings. The molecule has 3 amide bonds. The van der Waals surface area contributed by atoms with Gasteiger partial charge in [0, 0.05) is 14.8 Å². The van der Waals surface area contributed by atoms with E-state index in [4.69, 9.17) is 23.7 Å². The van der Waals surface area contributed by atoms with E-state index < -0.39 is 23.9 Å². The van der Waals surface area contributed by atoms with Crippen molar-refractivity contribution in [3.05, 3.63) is 104 Å². The molecule has 0 saturated heterocycles. The fourth-order valence-electron chi connectivity index (χ4n) is 5.31. The van der Waals surface area contributed by atoms with Crippen molar-refractivity contribution in [1.29, 1.82) is 0 Å². The van der Waals surface area contributed by atoms with E-state index in [1.54, 1.807) is 39.2 Å². The summed E-state index contributed by atoms with van der Waals surface area (Å²) in [5.74, 6) is 0.504. The second-order valence-electron chi connectivity index (χ2n) is 10.7. The van der Waals surface area contributed by atoms with E-state index in [-0.39, 0.29) is 24.5 Å². The average Bonchev–Trinajstić information content (AvgIpc) is 3.09. The molecule has 0 aliphatic carbocycles. The topological polar surface area (TPSA) is 146 Å². The zero-order valence-corrected chi connectivity index (χ0v) is 29.5. The van der Waals surface area contributed by atoms with Gasteiger partial charge in [0.25, 0.3) is 5.91 Å². The van der Waals surface area contributed by atoms with Gasteiger partial charge in [-0.15, -0.1) is 0 Å². The Morgan fingerprint density at radius 1 is 0.959 bits per heavy atom. The van der Waals surface area contributed by atoms with E-state index >= 15 is 0 Å². The molecule has 49 heavy (non-hydrogen) atoms. The Bertz CT molecular complexity index is 1940. The lowest BCUT2D eigenvalue weighted by Crippen LogP contribution is -2.45. The number of ether oxygens (including phenoxy) is 5. The molecule has 0 bridgehead atoms. The van der Waals surface area contributed by atoms with Gasteiger partial charge in [-0.25, -0.2) is 15.0 Å². The van der Waals surface area contributed by atoms with Crippen molar-refractivity contribution in [3.8, 4) is 23.0 Å². The van der Waals surface area contributed by atoms with E-state index in [0.29, 0.717) is 40.7 Å². The standard InChI is InChI=1S/C36H35IN4O8/c1-5-47-35(43)32-21(2)39-36(44)40-33(32)23-13-14-28(29(16-23)45-3)48-20-31(42)41-38-18-25-15-26(37)17-30(46-4)34(25)49-19-24-11-8-10-22-9-6-7-12-27(22)24/h6-18,33H,5,19-20H2,1-4H3,(H,41,42)(H2,39,40,44)/b38-18+/t33-/m1/s1. The van der Waals surface area contributed by atoms with Crippen LogP contribution in [-0.2, 0) is 20.9 Å². The summed E-state index contributed by atoms with van der Waals surface area (Å²) in [6.07, 6.45) is 1.49. The minimum atomic E-state index is -0.783. The van der Waals surface area contributed by atoms with Crippen molar-refractivity contribution in [2.75, 3.05) is 27.4 Å². The molecule has 4 aromatic rings. The van der Waals surface area contributed by atoms with Crippen LogP contribution in [0.2, 0.25) is 0 Å². The van der Waals surface area contributed by atoms with Crippen LogP contribution in [0.25, 0.3) is 10.8 Å². The Morgan fingerprint density at radius 2 is 1.73 bits per heavy atom. The number of rotatable bonds is 13. The molecule has 0 saturated carbocycles. The van der Waals surface area contributed by atoms with Crippen LogP contribution in [0.3, 0.4) is 0 Å². The highest BCUT2D eigenvalue weighted by Gasteiger charge is 2.32. The van der Waals surface area contributed by atoms with Gasteiger partial charge in [-0.2, -0.15) is 5.10 Å². The molecule has 13 heteroatoms. The number of amides is 3. The second kappa shape index (κ2) is 16.2. The Morgan fingerprint density at radius 3 is 2.51 bits per heavy atom. The molecular weight excluding hydrogens is 743 g/mol. The molecule has 1 heterocycles. The van der Waals surface area contributed by atoms with Gasteiger partial charge in [0.15, 0.2) is 29.6 Å². The number of halogens is 1. The smallest absolute Gasteiger partial charge is 0.338 e. The van der Waals surface area contributed by atoms with Crippen LogP contribution >= 0.6 is 22.6 Å². The maximum Gasteiger partial charge on any atom is 0.338 e. The van der Waals surface area contributed by atoms with Crippen LogP contribution in [0.5, 0.6) is 23.0 Å². The number of allylic oxidation sites excluding steroid dienone is 1. The Labute approximate surface area is 296 Å². The third-order valence-corrected chi connectivity index (χ3v) is 8.18. The van der Waals surface area contributed by atoms with E-state index in [9.17, 15) is 14.4 Å². The first kappa shape index (κ1) is 35.0. The first-order valence-electron chi connectivity index (χ1n) is 15.3. The number of esters is 1. The molecule has 1 aliphatic rings. The van der Waals surface area contributed by atoms with Crippen molar-refractivity contribution in [2.24, 2.45) is 5.10 Å². The molecule has 0 aromatic heterocycles. The predicted molar refractivity (Wildman–Crippen MR) is 192 cm³/mol. The highest BCUT2D eigenvalue weighted by Crippen LogP contribution is 2.35. The normalized spacial score (nSPS) is 14.2. The minimum absolute atomic E-state index is 0.179. The van der Waals surface area contributed by atoms with Gasteiger partial charge in [0.2, 0.25) is 0 Å². The summed E-state index contributed by atoms with van der Waals surface area (Å²) in [4.78, 5) is 37.6. The second-order valence-corrected chi connectivity index (χ2v) is 12.0. The zero-order chi connectivity index (χ0) is 34.9. The maximum atomic E-state index is 12.7. The lowest BCUT2D eigenvalue weighted by molar-refractivity contribution is -0.139. The molecule has 0 unspecified atom stereocenters. The number of nitrogens with one attached hydrogen (secondary N) is 3. The summed E-state index contributed by atoms with van der Waals surface area (Å²) in [6, 6.07) is 21.5. The number of urea groups is 1. The molecule has 1 atom stereocenters. The van der Waals surface area contributed by atoms with Gasteiger partial charge in [-0.05, 0) is 82.6 Å². The number of hydrazone groups is 1. The van der Waals surface area contributed by atoms with Crippen molar-refractivity contribution >= 4 is 57.5 Å². The quantitative estimate of drug-likeness (QED) is 0.0673. The summed E-state index contributed by atoms with van der Waals surface area (Å²) in [5.41, 5.74) is 5.31. The van der Waals surface area contributed by atoms with Crippen molar-refractivity contribution in [1.82, 2.24) is 16.1 Å². The molecule has 3 N–H and O–H groups in total. The fourth-order valence-corrected chi connectivity index (χ4v) is 5.93.